The lowest BCUT2D eigenvalue weighted by molar-refractivity contribution is -0.0221. The van der Waals surface area contributed by atoms with Crippen LogP contribution in [0.2, 0.25) is 0 Å². The SMILES string of the molecule is CC(C)(C)c1cc(CCCCC(=S)N(O)Cc2ccccc2)cc(C(C)(C)C)c1O. The Morgan fingerprint density at radius 2 is 1.40 bits per heavy atom. The first-order valence-corrected chi connectivity index (χ1v) is 11.2. The van der Waals surface area contributed by atoms with Crippen molar-refractivity contribution in [2.75, 3.05) is 0 Å². The molecule has 0 aliphatic heterocycles. The molecule has 0 spiro atoms. The molecule has 3 nitrogen and oxygen atoms in total. The van der Waals surface area contributed by atoms with Crippen molar-refractivity contribution in [2.45, 2.75) is 84.6 Å². The second-order valence-corrected chi connectivity index (χ2v) is 10.7. The average molecular weight is 428 g/mol. The van der Waals surface area contributed by atoms with E-state index in [1.807, 2.05) is 30.3 Å². The van der Waals surface area contributed by atoms with E-state index in [1.165, 1.54) is 10.6 Å². The number of unbranched alkanes of at least 4 members (excludes halogenated alkanes) is 1. The van der Waals surface area contributed by atoms with Crippen LogP contribution in [0.1, 0.15) is 83.1 Å². The van der Waals surface area contributed by atoms with Gasteiger partial charge in [0.1, 0.15) is 10.7 Å². The van der Waals surface area contributed by atoms with Gasteiger partial charge in [-0.3, -0.25) is 5.21 Å². The van der Waals surface area contributed by atoms with Crippen LogP contribution in [0.25, 0.3) is 0 Å². The molecule has 0 unspecified atom stereocenters. The van der Waals surface area contributed by atoms with Crippen LogP contribution >= 0.6 is 12.2 Å². The van der Waals surface area contributed by atoms with Crippen LogP contribution in [0.3, 0.4) is 0 Å². The highest BCUT2D eigenvalue weighted by atomic mass is 32.1. The van der Waals surface area contributed by atoms with Crippen LogP contribution in [0.4, 0.5) is 0 Å². The first-order valence-electron chi connectivity index (χ1n) is 10.8. The van der Waals surface area contributed by atoms with Gasteiger partial charge in [0.15, 0.2) is 0 Å². The summed E-state index contributed by atoms with van der Waals surface area (Å²) in [4.78, 5) is 0.579. The lowest BCUT2D eigenvalue weighted by Crippen LogP contribution is -2.25. The van der Waals surface area contributed by atoms with E-state index in [1.54, 1.807) is 0 Å². The molecule has 164 valence electrons. The number of aromatic hydroxyl groups is 1. The molecular weight excluding hydrogens is 390 g/mol. The zero-order valence-corrected chi connectivity index (χ0v) is 20.1. The number of nitrogens with zero attached hydrogens (tertiary/aromatic N) is 1. The van der Waals surface area contributed by atoms with E-state index < -0.39 is 0 Å². The van der Waals surface area contributed by atoms with Crippen molar-refractivity contribution in [3.05, 3.63) is 64.7 Å². The maximum absolute atomic E-state index is 10.9. The molecule has 0 amide bonds. The van der Waals surface area contributed by atoms with E-state index in [-0.39, 0.29) is 10.8 Å². The molecule has 0 aliphatic carbocycles. The molecule has 2 aromatic rings. The summed E-state index contributed by atoms with van der Waals surface area (Å²) in [6.07, 6.45) is 3.52. The van der Waals surface area contributed by atoms with Crippen LogP contribution in [0, 0.1) is 0 Å². The molecule has 0 radical (unpaired) electrons. The maximum Gasteiger partial charge on any atom is 0.123 e. The van der Waals surface area contributed by atoms with Crippen LogP contribution < -0.4 is 0 Å². The molecule has 0 heterocycles. The van der Waals surface area contributed by atoms with Crippen molar-refractivity contribution in [3.8, 4) is 5.75 Å². The summed E-state index contributed by atoms with van der Waals surface area (Å²) in [7, 11) is 0. The van der Waals surface area contributed by atoms with Crippen molar-refractivity contribution in [1.82, 2.24) is 5.06 Å². The van der Waals surface area contributed by atoms with Crippen molar-refractivity contribution in [3.63, 3.8) is 0 Å². The van der Waals surface area contributed by atoms with Gasteiger partial charge in [0.25, 0.3) is 0 Å². The minimum Gasteiger partial charge on any atom is -0.507 e. The number of phenolic OH excluding ortho intramolecular Hbond substituents is 1. The topological polar surface area (TPSA) is 43.7 Å². The smallest absolute Gasteiger partial charge is 0.123 e. The molecule has 2 N–H and O–H groups in total. The summed E-state index contributed by atoms with van der Waals surface area (Å²) in [5.41, 5.74) is 4.07. The highest BCUT2D eigenvalue weighted by molar-refractivity contribution is 7.80. The number of thiocarbonyl (C=S) groups is 1. The molecule has 2 rings (SSSR count). The fraction of sp³-hybridized carbons (Fsp3) is 0.500. The predicted molar refractivity (Wildman–Crippen MR) is 129 cm³/mol. The Kier molecular flexibility index (Phi) is 8.06. The minimum absolute atomic E-state index is 0.115. The van der Waals surface area contributed by atoms with Gasteiger partial charge in [-0.15, -0.1) is 0 Å². The first-order chi connectivity index (χ1) is 13.9. The Bertz CT molecular complexity index is 813. The van der Waals surface area contributed by atoms with Gasteiger partial charge in [-0.2, -0.15) is 0 Å². The summed E-state index contributed by atoms with van der Waals surface area (Å²) in [5, 5.41) is 22.3. The molecular formula is C26H37NO2S. The van der Waals surface area contributed by atoms with Gasteiger partial charge in [0.05, 0.1) is 6.54 Å². The average Bonchev–Trinajstić information content (AvgIpc) is 2.64. The second-order valence-electron chi connectivity index (χ2n) is 10.2. The number of phenols is 1. The summed E-state index contributed by atoms with van der Waals surface area (Å²) in [6, 6.07) is 14.1. The third-order valence-corrected chi connectivity index (χ3v) is 5.77. The number of aryl methyl sites for hydroxylation is 1. The number of hydroxylamine groups is 2. The molecule has 2 aromatic carbocycles. The Morgan fingerprint density at radius 1 is 0.867 bits per heavy atom. The Labute approximate surface area is 187 Å². The molecule has 0 aromatic heterocycles. The van der Waals surface area contributed by atoms with Gasteiger partial charge < -0.3 is 5.11 Å². The van der Waals surface area contributed by atoms with Crippen molar-refractivity contribution in [2.24, 2.45) is 0 Å². The molecule has 0 bridgehead atoms. The molecule has 0 saturated carbocycles. The summed E-state index contributed by atoms with van der Waals surface area (Å²) >= 11 is 5.41. The third kappa shape index (κ3) is 6.82. The van der Waals surface area contributed by atoms with Crippen molar-refractivity contribution in [1.29, 1.82) is 0 Å². The molecule has 30 heavy (non-hydrogen) atoms. The van der Waals surface area contributed by atoms with E-state index in [4.69, 9.17) is 12.2 Å². The van der Waals surface area contributed by atoms with Gasteiger partial charge in [-0.05, 0) is 52.3 Å². The van der Waals surface area contributed by atoms with E-state index >= 15 is 0 Å². The Morgan fingerprint density at radius 3 is 1.90 bits per heavy atom. The van der Waals surface area contributed by atoms with E-state index in [9.17, 15) is 10.3 Å². The maximum atomic E-state index is 10.9. The Balaban J connectivity index is 1.98. The van der Waals surface area contributed by atoms with Crippen molar-refractivity contribution < 1.29 is 10.3 Å². The number of hydrogen-bond donors (Lipinski definition) is 2. The molecule has 0 fully saturated rings. The van der Waals surface area contributed by atoms with E-state index in [2.05, 4.69) is 53.7 Å². The van der Waals surface area contributed by atoms with Crippen LogP contribution in [0.15, 0.2) is 42.5 Å². The zero-order valence-electron chi connectivity index (χ0n) is 19.3. The van der Waals surface area contributed by atoms with Gasteiger partial charge in [-0.1, -0.05) is 96.2 Å². The van der Waals surface area contributed by atoms with Crippen molar-refractivity contribution >= 4 is 17.2 Å². The predicted octanol–water partition coefficient (Wildman–Crippen LogP) is 6.92. The normalized spacial score (nSPS) is 12.1. The highest BCUT2D eigenvalue weighted by Crippen LogP contribution is 2.40. The standard InChI is InChI=1S/C26H37NO2S/c1-25(2,3)21-16-20(17-22(24(21)28)26(4,5)6)14-10-11-15-23(30)27(29)18-19-12-8-7-9-13-19/h7-9,12-13,16-17,28-29H,10-11,14-15,18H2,1-6H3. The summed E-state index contributed by atoms with van der Waals surface area (Å²) < 4.78 is 0. The lowest BCUT2D eigenvalue weighted by atomic mass is 9.78. The molecule has 0 aliphatic rings. The summed E-state index contributed by atoms with van der Waals surface area (Å²) in [6.45, 7) is 13.2. The number of hydrogen-bond acceptors (Lipinski definition) is 3. The second kappa shape index (κ2) is 9.93. The third-order valence-electron chi connectivity index (χ3n) is 5.35. The molecule has 0 saturated heterocycles. The van der Waals surface area contributed by atoms with Gasteiger partial charge in [0.2, 0.25) is 0 Å². The van der Waals surface area contributed by atoms with Gasteiger partial charge in [0, 0.05) is 6.42 Å². The molecule has 4 heteroatoms. The summed E-state index contributed by atoms with van der Waals surface area (Å²) in [5.74, 6) is 0.428. The molecule has 0 atom stereocenters. The number of benzene rings is 2. The fourth-order valence-electron chi connectivity index (χ4n) is 3.56. The van der Waals surface area contributed by atoms with Crippen LogP contribution in [0.5, 0.6) is 5.75 Å². The minimum atomic E-state index is -0.115. The van der Waals surface area contributed by atoms with Gasteiger partial charge >= 0.3 is 0 Å². The fourth-order valence-corrected chi connectivity index (χ4v) is 3.77. The van der Waals surface area contributed by atoms with Crippen LogP contribution in [-0.4, -0.2) is 20.4 Å². The van der Waals surface area contributed by atoms with Crippen LogP contribution in [-0.2, 0) is 23.8 Å². The van der Waals surface area contributed by atoms with Gasteiger partial charge in [-0.25, -0.2) is 5.06 Å². The first kappa shape index (κ1) is 24.4. The lowest BCUT2D eigenvalue weighted by Gasteiger charge is -2.28. The largest absolute Gasteiger partial charge is 0.507 e. The zero-order chi connectivity index (χ0) is 22.5. The Hall–Kier alpha value is -1.91. The monoisotopic (exact) mass is 427 g/mol. The van der Waals surface area contributed by atoms with E-state index in [0.29, 0.717) is 23.7 Å². The number of rotatable bonds is 7. The highest BCUT2D eigenvalue weighted by Gasteiger charge is 2.26. The quantitative estimate of drug-likeness (QED) is 0.286. The van der Waals surface area contributed by atoms with E-state index in [0.717, 1.165) is 36.0 Å².